The minimum absolute atomic E-state index is 0.0272. The highest BCUT2D eigenvalue weighted by molar-refractivity contribution is 7.89. The molecule has 0 aliphatic carbocycles. The number of aromatic nitrogens is 1. The van der Waals surface area contributed by atoms with Crippen LogP contribution in [0.5, 0.6) is 0 Å². The van der Waals surface area contributed by atoms with Gasteiger partial charge in [0.05, 0.1) is 0 Å². The van der Waals surface area contributed by atoms with Gasteiger partial charge in [-0.3, -0.25) is 0 Å². The predicted molar refractivity (Wildman–Crippen MR) is 75.8 cm³/mol. The summed E-state index contributed by atoms with van der Waals surface area (Å²) >= 11 is 0.870. The molecule has 122 valence electrons. The highest BCUT2D eigenvalue weighted by Crippen LogP contribution is 2.33. The van der Waals surface area contributed by atoms with Crippen LogP contribution in [0.25, 0.3) is 0 Å². The Labute approximate surface area is 125 Å². The fraction of sp³-hybridized carbons (Fsp3) is 0.700. The molecule has 1 aromatic rings. The molecule has 1 rings (SSSR count). The Bertz CT molecular complexity index is 569. The minimum Gasteiger partial charge on any atom is -0.382 e. The van der Waals surface area contributed by atoms with E-state index in [1.54, 1.807) is 0 Å². The molecule has 3 N–H and O–H groups in total. The lowest BCUT2D eigenvalue weighted by molar-refractivity contribution is -0.135. The zero-order valence-electron chi connectivity index (χ0n) is 11.6. The van der Waals surface area contributed by atoms with Crippen LogP contribution in [-0.2, 0) is 10.0 Å². The molecule has 0 fully saturated rings. The van der Waals surface area contributed by atoms with E-state index in [-0.39, 0.29) is 35.1 Å². The number of anilines is 2. The summed E-state index contributed by atoms with van der Waals surface area (Å²) in [6.45, 7) is 0.216. The third-order valence-electron chi connectivity index (χ3n) is 2.59. The normalized spacial score (nSPS) is 12.9. The van der Waals surface area contributed by atoms with E-state index in [1.807, 2.05) is 0 Å². The molecule has 0 bridgehead atoms. The number of sulfonamides is 1. The molecular formula is C10H17F3N4O2S2. The van der Waals surface area contributed by atoms with Crippen molar-refractivity contribution in [3.8, 4) is 0 Å². The Balaban J connectivity index is 2.66. The quantitative estimate of drug-likeness (QED) is 0.738. The van der Waals surface area contributed by atoms with Gasteiger partial charge in [0.2, 0.25) is 10.0 Å². The minimum atomic E-state index is -4.17. The molecule has 0 saturated carbocycles. The zero-order valence-corrected chi connectivity index (χ0v) is 13.2. The van der Waals surface area contributed by atoms with Gasteiger partial charge < -0.3 is 11.1 Å². The summed E-state index contributed by atoms with van der Waals surface area (Å²) in [5, 5.41) is 3.03. The smallest absolute Gasteiger partial charge is 0.382 e. The van der Waals surface area contributed by atoms with E-state index in [4.69, 9.17) is 5.73 Å². The molecule has 11 heteroatoms. The molecule has 21 heavy (non-hydrogen) atoms. The molecule has 0 amide bonds. The molecule has 0 saturated heterocycles. The largest absolute Gasteiger partial charge is 0.389 e. The van der Waals surface area contributed by atoms with Crippen molar-refractivity contribution in [1.29, 1.82) is 0 Å². The van der Waals surface area contributed by atoms with Crippen molar-refractivity contribution in [2.24, 2.45) is 0 Å². The lowest BCUT2D eigenvalue weighted by atomic mass is 10.2. The summed E-state index contributed by atoms with van der Waals surface area (Å²) in [6.07, 6.45) is -4.80. The summed E-state index contributed by atoms with van der Waals surface area (Å²) < 4.78 is 64.9. The van der Waals surface area contributed by atoms with Gasteiger partial charge in [0.25, 0.3) is 0 Å². The van der Waals surface area contributed by atoms with Crippen LogP contribution in [0.2, 0.25) is 0 Å². The van der Waals surface area contributed by atoms with Gasteiger partial charge >= 0.3 is 6.18 Å². The number of nitrogens with two attached hydrogens (primary N) is 1. The zero-order chi connectivity index (χ0) is 16.3. The number of alkyl halides is 3. The van der Waals surface area contributed by atoms with E-state index >= 15 is 0 Å². The van der Waals surface area contributed by atoms with E-state index in [1.165, 1.54) is 14.1 Å². The Kier molecular flexibility index (Phi) is 5.82. The Morgan fingerprint density at radius 3 is 2.48 bits per heavy atom. The van der Waals surface area contributed by atoms with Gasteiger partial charge in [-0.2, -0.15) is 17.5 Å². The maximum atomic E-state index is 12.1. The highest BCUT2D eigenvalue weighted by Gasteiger charge is 2.28. The molecule has 1 aromatic heterocycles. The lowest BCUT2D eigenvalue weighted by Crippen LogP contribution is -2.23. The number of nitrogens with one attached hydrogen (secondary N) is 1. The van der Waals surface area contributed by atoms with Crippen LogP contribution in [-0.4, -0.2) is 43.9 Å². The van der Waals surface area contributed by atoms with Gasteiger partial charge in [-0.05, 0) is 24.4 Å². The number of hydrogen-bond acceptors (Lipinski definition) is 6. The first-order valence-corrected chi connectivity index (χ1v) is 8.25. The molecule has 0 aliphatic heterocycles. The van der Waals surface area contributed by atoms with E-state index in [2.05, 4.69) is 9.69 Å². The second kappa shape index (κ2) is 6.79. The van der Waals surface area contributed by atoms with Crippen molar-refractivity contribution in [2.75, 3.05) is 31.7 Å². The van der Waals surface area contributed by atoms with E-state index in [0.29, 0.717) is 0 Å². The van der Waals surface area contributed by atoms with Crippen molar-refractivity contribution >= 4 is 32.4 Å². The number of hydrogen-bond donors (Lipinski definition) is 2. The van der Waals surface area contributed by atoms with Crippen molar-refractivity contribution in [2.45, 2.75) is 30.3 Å². The molecule has 0 atom stereocenters. The first kappa shape index (κ1) is 18.0. The molecule has 0 unspecified atom stereocenters. The van der Waals surface area contributed by atoms with Crippen LogP contribution in [0.15, 0.2) is 4.90 Å². The lowest BCUT2D eigenvalue weighted by Gasteiger charge is -2.13. The van der Waals surface area contributed by atoms with Crippen LogP contribution in [0.4, 0.5) is 24.0 Å². The fourth-order valence-corrected chi connectivity index (χ4v) is 3.59. The van der Waals surface area contributed by atoms with Gasteiger partial charge in [-0.15, -0.1) is 0 Å². The maximum absolute atomic E-state index is 12.1. The first-order chi connectivity index (χ1) is 9.55. The van der Waals surface area contributed by atoms with Gasteiger partial charge in [0.15, 0.2) is 10.7 Å². The predicted octanol–water partition coefficient (Wildman–Crippen LogP) is 2.12. The van der Waals surface area contributed by atoms with Crippen LogP contribution < -0.4 is 11.1 Å². The van der Waals surface area contributed by atoms with Gasteiger partial charge in [-0.25, -0.2) is 12.7 Å². The van der Waals surface area contributed by atoms with Crippen molar-refractivity contribution in [3.05, 3.63) is 0 Å². The average molecular weight is 346 g/mol. The number of rotatable bonds is 7. The molecule has 0 spiro atoms. The van der Waals surface area contributed by atoms with Crippen LogP contribution in [0.3, 0.4) is 0 Å². The van der Waals surface area contributed by atoms with E-state index in [0.717, 1.165) is 15.8 Å². The van der Waals surface area contributed by atoms with Gasteiger partial charge in [0, 0.05) is 27.1 Å². The van der Waals surface area contributed by atoms with Crippen molar-refractivity contribution in [1.82, 2.24) is 8.68 Å². The first-order valence-electron chi connectivity index (χ1n) is 6.04. The second-order valence-corrected chi connectivity index (χ2v) is 7.37. The molecule has 0 radical (unpaired) electrons. The SMILES string of the molecule is CN(C)S(=O)(=O)c1c(N)nsc1NCCCCC(F)(F)F. The topological polar surface area (TPSA) is 88.3 Å². The highest BCUT2D eigenvalue weighted by atomic mass is 32.2. The summed E-state index contributed by atoms with van der Waals surface area (Å²) in [4.78, 5) is -0.131. The Morgan fingerprint density at radius 1 is 1.33 bits per heavy atom. The van der Waals surface area contributed by atoms with E-state index in [9.17, 15) is 21.6 Å². The van der Waals surface area contributed by atoms with Crippen molar-refractivity contribution in [3.63, 3.8) is 0 Å². The average Bonchev–Trinajstić information content (AvgIpc) is 2.69. The third-order valence-corrected chi connectivity index (χ3v) is 5.42. The van der Waals surface area contributed by atoms with Crippen LogP contribution in [0, 0.1) is 0 Å². The summed E-state index contributed by atoms with van der Waals surface area (Å²) in [7, 11) is -1.03. The molecule has 6 nitrogen and oxygen atoms in total. The molecule has 0 aliphatic rings. The molecule has 0 aromatic carbocycles. The summed E-state index contributed by atoms with van der Waals surface area (Å²) in [6, 6.07) is 0. The molecule has 1 heterocycles. The fourth-order valence-electron chi connectivity index (χ4n) is 1.49. The van der Waals surface area contributed by atoms with Gasteiger partial charge in [-0.1, -0.05) is 0 Å². The summed E-state index contributed by atoms with van der Waals surface area (Å²) in [5.74, 6) is -0.119. The summed E-state index contributed by atoms with van der Waals surface area (Å²) in [5.41, 5.74) is 5.56. The number of halogens is 3. The molecular weight excluding hydrogens is 329 g/mol. The number of nitrogen functional groups attached to an aromatic ring is 1. The standard InChI is InChI=1S/C10H17F3N4O2S2/c1-17(2)21(18,19)7-8(14)16-20-9(7)15-6-4-3-5-10(11,12)13/h15H,3-6H2,1-2H3,(H2,14,16). The third kappa shape index (κ3) is 5.00. The second-order valence-electron chi connectivity index (χ2n) is 4.51. The van der Waals surface area contributed by atoms with Crippen molar-refractivity contribution < 1.29 is 21.6 Å². The number of nitrogens with zero attached hydrogens (tertiary/aromatic N) is 2. The monoisotopic (exact) mass is 346 g/mol. The Hall–Kier alpha value is -1.07. The number of unbranched alkanes of at least 4 members (excludes halogenated alkanes) is 1. The maximum Gasteiger partial charge on any atom is 0.389 e. The van der Waals surface area contributed by atoms with Crippen LogP contribution in [0.1, 0.15) is 19.3 Å². The van der Waals surface area contributed by atoms with Gasteiger partial charge in [0.1, 0.15) is 5.00 Å². The van der Waals surface area contributed by atoms with E-state index < -0.39 is 22.6 Å². The Morgan fingerprint density at radius 2 is 1.95 bits per heavy atom. The van der Waals surface area contributed by atoms with Crippen LogP contribution >= 0.6 is 11.5 Å².